The number of amides is 1. The molecule has 0 fully saturated rings. The molecule has 0 aliphatic rings. The zero-order valence-electron chi connectivity index (χ0n) is 16.8. The fraction of sp³-hybridized carbons (Fsp3) is 0.318. The van der Waals surface area contributed by atoms with Gasteiger partial charge in [0.2, 0.25) is 0 Å². The number of benzene rings is 2. The minimum absolute atomic E-state index is 0.213. The zero-order valence-corrected chi connectivity index (χ0v) is 16.8. The second-order valence-electron chi connectivity index (χ2n) is 7.62. The van der Waals surface area contributed by atoms with E-state index in [-0.39, 0.29) is 5.75 Å². The number of esters is 1. The molecule has 0 aliphatic heterocycles. The molecule has 1 aromatic heterocycles. The second kappa shape index (κ2) is 7.95. The molecule has 2 aromatic carbocycles. The molecule has 1 atom stereocenters. The van der Waals surface area contributed by atoms with Crippen LogP contribution >= 0.6 is 0 Å². The van der Waals surface area contributed by atoms with Crippen molar-refractivity contribution < 1.29 is 23.5 Å². The Hall–Kier alpha value is -3.35. The average molecular weight is 397 g/mol. The monoisotopic (exact) mass is 397 g/mol. The van der Waals surface area contributed by atoms with E-state index in [0.29, 0.717) is 17.4 Å². The first-order valence-corrected chi connectivity index (χ1v) is 9.35. The van der Waals surface area contributed by atoms with Crippen molar-refractivity contribution in [1.82, 2.24) is 5.32 Å². The van der Waals surface area contributed by atoms with Crippen LogP contribution < -0.4 is 15.7 Å². The Morgan fingerprint density at radius 3 is 2.41 bits per heavy atom. The summed E-state index contributed by atoms with van der Waals surface area (Å²) in [5, 5.41) is 4.48. The molecule has 0 unspecified atom stereocenters. The third-order valence-corrected chi connectivity index (χ3v) is 4.20. The summed E-state index contributed by atoms with van der Waals surface area (Å²) >= 11 is 0. The van der Waals surface area contributed by atoms with Gasteiger partial charge in [-0.25, -0.2) is 14.4 Å². The van der Waals surface area contributed by atoms with E-state index >= 15 is 0 Å². The summed E-state index contributed by atoms with van der Waals surface area (Å²) in [6, 6.07) is 11.1. The normalized spacial score (nSPS) is 12.6. The highest BCUT2D eigenvalue weighted by atomic mass is 16.6. The average Bonchev–Trinajstić information content (AvgIpc) is 2.64. The molecule has 3 aromatic rings. The van der Waals surface area contributed by atoms with E-state index < -0.39 is 29.3 Å². The summed E-state index contributed by atoms with van der Waals surface area (Å²) in [6.45, 7) is 6.95. The summed E-state index contributed by atoms with van der Waals surface area (Å²) in [6.07, 6.45) is -0.372. The van der Waals surface area contributed by atoms with Crippen LogP contribution in [0.25, 0.3) is 21.7 Å². The van der Waals surface area contributed by atoms with Gasteiger partial charge >= 0.3 is 17.7 Å². The lowest BCUT2D eigenvalue weighted by atomic mass is 10.1. The summed E-state index contributed by atoms with van der Waals surface area (Å²) < 4.78 is 15.9. The Morgan fingerprint density at radius 2 is 1.76 bits per heavy atom. The van der Waals surface area contributed by atoms with Gasteiger partial charge in [0.15, 0.2) is 0 Å². The second-order valence-corrected chi connectivity index (χ2v) is 7.62. The first-order chi connectivity index (χ1) is 13.7. The van der Waals surface area contributed by atoms with E-state index in [0.717, 1.165) is 10.8 Å². The highest BCUT2D eigenvalue weighted by molar-refractivity contribution is 6.04. The first kappa shape index (κ1) is 20.4. The van der Waals surface area contributed by atoms with Gasteiger partial charge in [0.05, 0.1) is 5.39 Å². The van der Waals surface area contributed by atoms with Gasteiger partial charge in [0.25, 0.3) is 0 Å². The lowest BCUT2D eigenvalue weighted by molar-refractivity contribution is -0.136. The molecule has 0 spiro atoms. The fourth-order valence-corrected chi connectivity index (χ4v) is 2.89. The molecule has 0 bridgehead atoms. The molecule has 1 heterocycles. The van der Waals surface area contributed by atoms with Crippen LogP contribution in [-0.4, -0.2) is 23.7 Å². The van der Waals surface area contributed by atoms with E-state index in [1.54, 1.807) is 52.0 Å². The van der Waals surface area contributed by atoms with E-state index in [2.05, 4.69) is 5.32 Å². The Kier molecular flexibility index (Phi) is 5.59. The van der Waals surface area contributed by atoms with Crippen molar-refractivity contribution in [1.29, 1.82) is 0 Å². The van der Waals surface area contributed by atoms with Crippen LogP contribution in [0.4, 0.5) is 4.79 Å². The number of ether oxygens (including phenoxy) is 2. The van der Waals surface area contributed by atoms with Crippen LogP contribution in [-0.2, 0) is 9.53 Å². The van der Waals surface area contributed by atoms with Crippen LogP contribution in [0.3, 0.4) is 0 Å². The number of carbonyl (C=O) groups excluding carboxylic acids is 2. The molecular weight excluding hydrogens is 374 g/mol. The van der Waals surface area contributed by atoms with Crippen LogP contribution in [0.5, 0.6) is 5.75 Å². The van der Waals surface area contributed by atoms with Gasteiger partial charge in [-0.2, -0.15) is 0 Å². The number of carbonyl (C=O) groups is 2. The standard InChI is InChI=1S/C22H23NO6/c1-5-17(23-21(26)29-22(2,3)4)20(25)27-13-10-11-15-14-8-6-7-9-16(14)19(24)28-18(15)12-13/h6-12,17H,5H2,1-4H3,(H,23,26)/t17-/m1/s1. The van der Waals surface area contributed by atoms with E-state index in [4.69, 9.17) is 13.9 Å². The van der Waals surface area contributed by atoms with Gasteiger partial charge in [-0.3, -0.25) is 0 Å². The third kappa shape index (κ3) is 4.74. The topological polar surface area (TPSA) is 94.8 Å². The van der Waals surface area contributed by atoms with Crippen LogP contribution in [0.2, 0.25) is 0 Å². The van der Waals surface area contributed by atoms with Gasteiger partial charge in [-0.1, -0.05) is 25.1 Å². The van der Waals surface area contributed by atoms with Crippen LogP contribution in [0.1, 0.15) is 34.1 Å². The number of rotatable bonds is 4. The summed E-state index contributed by atoms with van der Waals surface area (Å²) in [7, 11) is 0. The maximum atomic E-state index is 12.5. The molecule has 0 saturated heterocycles. The van der Waals surface area contributed by atoms with E-state index in [9.17, 15) is 14.4 Å². The van der Waals surface area contributed by atoms with Crippen molar-refractivity contribution in [3.05, 3.63) is 52.9 Å². The molecule has 0 aliphatic carbocycles. The van der Waals surface area contributed by atoms with Gasteiger partial charge < -0.3 is 19.2 Å². The highest BCUT2D eigenvalue weighted by Gasteiger charge is 2.24. The Balaban J connectivity index is 1.81. The highest BCUT2D eigenvalue weighted by Crippen LogP contribution is 2.26. The minimum Gasteiger partial charge on any atom is -0.444 e. The largest absolute Gasteiger partial charge is 0.444 e. The molecule has 1 amide bonds. The molecular formula is C22H23NO6. The van der Waals surface area contributed by atoms with Gasteiger partial charge in [0, 0.05) is 11.5 Å². The van der Waals surface area contributed by atoms with Gasteiger partial charge in [-0.05, 0) is 50.8 Å². The molecule has 7 heteroatoms. The molecule has 0 saturated carbocycles. The maximum Gasteiger partial charge on any atom is 0.408 e. The first-order valence-electron chi connectivity index (χ1n) is 9.35. The molecule has 3 rings (SSSR count). The van der Waals surface area contributed by atoms with Gasteiger partial charge in [0.1, 0.15) is 23.0 Å². The molecule has 152 valence electrons. The third-order valence-electron chi connectivity index (χ3n) is 4.20. The minimum atomic E-state index is -0.871. The Bertz CT molecular complexity index is 1130. The number of alkyl carbamates (subject to hydrolysis) is 1. The van der Waals surface area contributed by atoms with E-state index in [1.165, 1.54) is 6.07 Å². The maximum absolute atomic E-state index is 12.5. The predicted octanol–water partition coefficient (Wildman–Crippen LogP) is 4.15. The van der Waals surface area contributed by atoms with Crippen molar-refractivity contribution in [2.24, 2.45) is 0 Å². The van der Waals surface area contributed by atoms with Crippen LogP contribution in [0.15, 0.2) is 51.7 Å². The lowest BCUT2D eigenvalue weighted by Crippen LogP contribution is -2.44. The smallest absolute Gasteiger partial charge is 0.408 e. The zero-order chi connectivity index (χ0) is 21.2. The number of hydrogen-bond donors (Lipinski definition) is 1. The van der Waals surface area contributed by atoms with Crippen molar-refractivity contribution in [2.45, 2.75) is 45.8 Å². The lowest BCUT2D eigenvalue weighted by Gasteiger charge is -2.22. The molecule has 1 N–H and O–H groups in total. The number of hydrogen-bond acceptors (Lipinski definition) is 6. The number of fused-ring (bicyclic) bond motifs is 3. The summed E-state index contributed by atoms with van der Waals surface area (Å²) in [4.78, 5) is 36.6. The van der Waals surface area contributed by atoms with E-state index in [1.807, 2.05) is 12.1 Å². The Labute approximate surface area is 167 Å². The molecule has 29 heavy (non-hydrogen) atoms. The predicted molar refractivity (Wildman–Crippen MR) is 109 cm³/mol. The van der Waals surface area contributed by atoms with Crippen molar-refractivity contribution in [2.75, 3.05) is 0 Å². The fourth-order valence-electron chi connectivity index (χ4n) is 2.89. The molecule has 0 radical (unpaired) electrons. The van der Waals surface area contributed by atoms with Crippen molar-refractivity contribution >= 4 is 33.8 Å². The Morgan fingerprint density at radius 1 is 1.07 bits per heavy atom. The van der Waals surface area contributed by atoms with Crippen molar-refractivity contribution in [3.8, 4) is 5.75 Å². The summed E-state index contributed by atoms with van der Waals surface area (Å²) in [5.74, 6) is -0.425. The molecule has 7 nitrogen and oxygen atoms in total. The van der Waals surface area contributed by atoms with Crippen molar-refractivity contribution in [3.63, 3.8) is 0 Å². The SMILES string of the molecule is CC[C@@H](NC(=O)OC(C)(C)C)C(=O)Oc1ccc2c(c1)oc(=O)c1ccccc12. The van der Waals surface area contributed by atoms with Gasteiger partial charge in [-0.15, -0.1) is 0 Å². The summed E-state index contributed by atoms with van der Waals surface area (Å²) in [5.41, 5.74) is -0.827. The van der Waals surface area contributed by atoms with Crippen LogP contribution in [0, 0.1) is 0 Å². The number of nitrogens with one attached hydrogen (secondary N) is 1. The quantitative estimate of drug-likeness (QED) is 0.307.